The third-order valence-electron chi connectivity index (χ3n) is 2.27. The Bertz CT molecular complexity index is 440. The molecule has 0 saturated carbocycles. The van der Waals surface area contributed by atoms with Crippen molar-refractivity contribution < 1.29 is 4.74 Å². The first-order chi connectivity index (χ1) is 8.90. The minimum absolute atomic E-state index is 0.0944. The Balaban J connectivity index is 2.58. The molecule has 0 atom stereocenters. The van der Waals surface area contributed by atoms with Gasteiger partial charge in [-0.15, -0.1) is 11.8 Å². The van der Waals surface area contributed by atoms with E-state index in [1.54, 1.807) is 18.9 Å². The van der Waals surface area contributed by atoms with E-state index in [1.807, 2.05) is 0 Å². The normalized spacial score (nSPS) is 11.8. The quantitative estimate of drug-likeness (QED) is 0.744. The predicted octanol–water partition coefficient (Wildman–Crippen LogP) is 1.54. The second kappa shape index (κ2) is 7.67. The maximum atomic E-state index is 11.6. The molecule has 0 aliphatic heterocycles. The van der Waals surface area contributed by atoms with Gasteiger partial charge in [-0.3, -0.25) is 4.79 Å². The van der Waals surface area contributed by atoms with Gasteiger partial charge in [0.1, 0.15) is 5.82 Å². The number of methoxy groups -OCH3 is 1. The second-order valence-corrected chi connectivity index (χ2v) is 7.06. The van der Waals surface area contributed by atoms with Crippen LogP contribution in [-0.4, -0.2) is 35.0 Å². The molecule has 0 bridgehead atoms. The summed E-state index contributed by atoms with van der Waals surface area (Å²) in [7, 11) is 1.66. The molecule has 0 amide bonds. The van der Waals surface area contributed by atoms with Gasteiger partial charge < -0.3 is 15.0 Å². The molecule has 0 fully saturated rings. The summed E-state index contributed by atoms with van der Waals surface area (Å²) in [6.45, 7) is 8.41. The van der Waals surface area contributed by atoms with E-state index in [1.165, 1.54) is 6.07 Å². The van der Waals surface area contributed by atoms with Gasteiger partial charge >= 0.3 is 0 Å². The minimum atomic E-state index is -0.0944. The molecular formula is C13H23N3O2S. The lowest BCUT2D eigenvalue weighted by Gasteiger charge is -2.17. The number of hydrogen-bond acceptors (Lipinski definition) is 5. The molecule has 1 aromatic rings. The molecule has 0 aliphatic carbocycles. The van der Waals surface area contributed by atoms with Crippen LogP contribution >= 0.6 is 11.8 Å². The van der Waals surface area contributed by atoms with Crippen molar-refractivity contribution in [3.8, 4) is 0 Å². The van der Waals surface area contributed by atoms with Crippen molar-refractivity contribution in [2.75, 3.05) is 20.3 Å². The van der Waals surface area contributed by atoms with Crippen molar-refractivity contribution in [3.05, 3.63) is 27.9 Å². The highest BCUT2D eigenvalue weighted by Crippen LogP contribution is 2.25. The molecule has 1 heterocycles. The van der Waals surface area contributed by atoms with E-state index in [-0.39, 0.29) is 10.3 Å². The van der Waals surface area contributed by atoms with Crippen molar-refractivity contribution >= 4 is 11.8 Å². The highest BCUT2D eigenvalue weighted by Gasteiger charge is 2.12. The predicted molar refractivity (Wildman–Crippen MR) is 79.5 cm³/mol. The summed E-state index contributed by atoms with van der Waals surface area (Å²) in [6, 6.07) is 1.53. The first-order valence-corrected chi connectivity index (χ1v) is 7.32. The molecule has 0 unspecified atom stereocenters. The topological polar surface area (TPSA) is 67.0 Å². The molecule has 0 saturated heterocycles. The van der Waals surface area contributed by atoms with Crippen LogP contribution in [0, 0.1) is 0 Å². The molecule has 0 radical (unpaired) electrons. The molecule has 0 aliphatic rings. The maximum absolute atomic E-state index is 11.6. The Morgan fingerprint density at radius 1 is 1.47 bits per heavy atom. The fourth-order valence-electron chi connectivity index (χ4n) is 1.40. The monoisotopic (exact) mass is 285 g/mol. The summed E-state index contributed by atoms with van der Waals surface area (Å²) in [4.78, 5) is 18.8. The third-order valence-corrected chi connectivity index (χ3v) is 3.56. The maximum Gasteiger partial charge on any atom is 0.251 e. The van der Waals surface area contributed by atoms with Crippen molar-refractivity contribution in [2.45, 2.75) is 37.8 Å². The summed E-state index contributed by atoms with van der Waals surface area (Å²) in [5, 5.41) is 3.18. The molecule has 1 aromatic heterocycles. The van der Waals surface area contributed by atoms with Gasteiger partial charge in [0.05, 0.1) is 18.1 Å². The highest BCUT2D eigenvalue weighted by atomic mass is 32.2. The summed E-state index contributed by atoms with van der Waals surface area (Å²) in [5.74, 6) is 1.45. The summed E-state index contributed by atoms with van der Waals surface area (Å²) in [6.07, 6.45) is 0. The number of nitrogens with one attached hydrogen (secondary N) is 2. The zero-order valence-electron chi connectivity index (χ0n) is 12.1. The average Bonchev–Trinajstić information content (AvgIpc) is 2.31. The van der Waals surface area contributed by atoms with Gasteiger partial charge in [-0.2, -0.15) is 0 Å². The van der Waals surface area contributed by atoms with Crippen LogP contribution in [0.1, 0.15) is 32.3 Å². The van der Waals surface area contributed by atoms with Gasteiger partial charge in [0.2, 0.25) is 0 Å². The van der Waals surface area contributed by atoms with Crippen molar-refractivity contribution in [1.82, 2.24) is 15.3 Å². The van der Waals surface area contributed by atoms with E-state index in [0.29, 0.717) is 18.9 Å². The summed E-state index contributed by atoms with van der Waals surface area (Å²) >= 11 is 1.76. The van der Waals surface area contributed by atoms with Gasteiger partial charge in [0.25, 0.3) is 5.56 Å². The van der Waals surface area contributed by atoms with Gasteiger partial charge in [0, 0.05) is 31.0 Å². The van der Waals surface area contributed by atoms with Crippen molar-refractivity contribution in [1.29, 1.82) is 0 Å². The Hall–Kier alpha value is -0.850. The molecular weight excluding hydrogens is 262 g/mol. The van der Waals surface area contributed by atoms with E-state index in [4.69, 9.17) is 4.74 Å². The molecule has 6 heteroatoms. The number of hydrogen-bond donors (Lipinski definition) is 2. The largest absolute Gasteiger partial charge is 0.383 e. The standard InChI is InChI=1S/C13H23N3O2S/c1-13(2,3)19-9-11-15-10(7-12(17)16-11)8-14-5-6-18-4/h7,14H,5-6,8-9H2,1-4H3,(H,15,16,17). The van der Waals surface area contributed by atoms with Crippen LogP contribution in [-0.2, 0) is 17.0 Å². The lowest BCUT2D eigenvalue weighted by atomic mass is 10.3. The van der Waals surface area contributed by atoms with Gasteiger partial charge in [0.15, 0.2) is 0 Å². The molecule has 2 N–H and O–H groups in total. The van der Waals surface area contributed by atoms with E-state index in [9.17, 15) is 4.79 Å². The number of rotatable bonds is 7. The van der Waals surface area contributed by atoms with Gasteiger partial charge in [-0.05, 0) is 0 Å². The average molecular weight is 285 g/mol. The van der Waals surface area contributed by atoms with Gasteiger partial charge in [-0.1, -0.05) is 20.8 Å². The van der Waals surface area contributed by atoms with Crippen molar-refractivity contribution in [2.24, 2.45) is 0 Å². The van der Waals surface area contributed by atoms with E-state index in [0.717, 1.165) is 18.1 Å². The SMILES string of the molecule is COCCNCc1cc(=O)[nH]c(CSC(C)(C)C)n1. The number of H-pyrrole nitrogens is 1. The zero-order chi connectivity index (χ0) is 14.3. The van der Waals surface area contributed by atoms with Gasteiger partial charge in [-0.25, -0.2) is 4.98 Å². The second-order valence-electron chi connectivity index (χ2n) is 5.25. The lowest BCUT2D eigenvalue weighted by Crippen LogP contribution is -2.22. The number of thioether (sulfide) groups is 1. The number of nitrogens with zero attached hydrogens (tertiary/aromatic N) is 1. The number of aromatic amines is 1. The Morgan fingerprint density at radius 3 is 2.84 bits per heavy atom. The fourth-order valence-corrected chi connectivity index (χ4v) is 2.10. The zero-order valence-corrected chi connectivity index (χ0v) is 12.9. The molecule has 0 spiro atoms. The summed E-state index contributed by atoms with van der Waals surface area (Å²) < 4.78 is 5.11. The van der Waals surface area contributed by atoms with E-state index >= 15 is 0 Å². The van der Waals surface area contributed by atoms with E-state index < -0.39 is 0 Å². The molecule has 0 aromatic carbocycles. The van der Waals surface area contributed by atoms with Crippen LogP contribution in [0.15, 0.2) is 10.9 Å². The summed E-state index contributed by atoms with van der Waals surface area (Å²) in [5.41, 5.74) is 0.674. The highest BCUT2D eigenvalue weighted by molar-refractivity contribution is 7.99. The molecule has 5 nitrogen and oxygen atoms in total. The van der Waals surface area contributed by atoms with Crippen LogP contribution in [0.25, 0.3) is 0 Å². The number of ether oxygens (including phenoxy) is 1. The molecule has 19 heavy (non-hydrogen) atoms. The molecule has 1 rings (SSSR count). The van der Waals surface area contributed by atoms with Crippen LogP contribution in [0.4, 0.5) is 0 Å². The van der Waals surface area contributed by atoms with Crippen LogP contribution in [0.3, 0.4) is 0 Å². The minimum Gasteiger partial charge on any atom is -0.383 e. The Kier molecular flexibility index (Phi) is 6.54. The Labute approximate surface area is 118 Å². The van der Waals surface area contributed by atoms with Crippen LogP contribution < -0.4 is 10.9 Å². The number of aromatic nitrogens is 2. The third kappa shape index (κ3) is 7.34. The fraction of sp³-hybridized carbons (Fsp3) is 0.692. The first kappa shape index (κ1) is 16.2. The van der Waals surface area contributed by atoms with Crippen LogP contribution in [0.5, 0.6) is 0 Å². The lowest BCUT2D eigenvalue weighted by molar-refractivity contribution is 0.199. The molecule has 108 valence electrons. The first-order valence-electron chi connectivity index (χ1n) is 6.33. The Morgan fingerprint density at radius 2 is 2.21 bits per heavy atom. The van der Waals surface area contributed by atoms with Crippen LogP contribution in [0.2, 0.25) is 0 Å². The smallest absolute Gasteiger partial charge is 0.251 e. The van der Waals surface area contributed by atoms with E-state index in [2.05, 4.69) is 36.1 Å². The van der Waals surface area contributed by atoms with Crippen molar-refractivity contribution in [3.63, 3.8) is 0 Å².